The van der Waals surface area contributed by atoms with Crippen molar-refractivity contribution in [3.05, 3.63) is 108 Å². The predicted molar refractivity (Wildman–Crippen MR) is 212 cm³/mol. The van der Waals surface area contributed by atoms with Crippen LogP contribution in [0.15, 0.2) is 91.0 Å². The number of ether oxygens (including phenoxy) is 11. The molecule has 4 aliphatic rings. The molecule has 14 atom stereocenters. The van der Waals surface area contributed by atoms with Crippen LogP contribution in [0.4, 0.5) is 0 Å². The second-order valence-corrected chi connectivity index (χ2v) is 16.5. The lowest BCUT2D eigenvalue weighted by molar-refractivity contribution is -0.362. The Labute approximate surface area is 342 Å². The van der Waals surface area contributed by atoms with Gasteiger partial charge >= 0.3 is 5.97 Å². The summed E-state index contributed by atoms with van der Waals surface area (Å²) < 4.78 is 71.4. The molecule has 4 saturated heterocycles. The molecule has 58 heavy (non-hydrogen) atoms. The maximum absolute atomic E-state index is 12.6. The van der Waals surface area contributed by atoms with E-state index in [1.54, 1.807) is 0 Å². The third kappa shape index (κ3) is 10.5. The molecule has 3 aromatic rings. The van der Waals surface area contributed by atoms with Crippen LogP contribution in [0.5, 0.6) is 0 Å². The van der Waals surface area contributed by atoms with Crippen molar-refractivity contribution >= 4 is 5.97 Å². The molecule has 7 rings (SSSR count). The van der Waals surface area contributed by atoms with Gasteiger partial charge in [0.15, 0.2) is 18.4 Å². The molecule has 12 heteroatoms. The summed E-state index contributed by atoms with van der Waals surface area (Å²) in [5.74, 6) is -1.65. The van der Waals surface area contributed by atoms with Crippen LogP contribution >= 0.6 is 0 Å². The number of hydrogen-bond donors (Lipinski definition) is 0. The van der Waals surface area contributed by atoms with Gasteiger partial charge in [-0.2, -0.15) is 0 Å². The van der Waals surface area contributed by atoms with Crippen molar-refractivity contribution in [2.45, 2.75) is 142 Å². The third-order valence-corrected chi connectivity index (χ3v) is 11.4. The van der Waals surface area contributed by atoms with E-state index in [2.05, 4.69) is 26.0 Å². The summed E-state index contributed by atoms with van der Waals surface area (Å²) in [6.45, 7) is 15.2. The van der Waals surface area contributed by atoms with Crippen molar-refractivity contribution in [3.63, 3.8) is 0 Å². The molecule has 12 nitrogen and oxygen atoms in total. The summed E-state index contributed by atoms with van der Waals surface area (Å²) in [5, 5.41) is 0. The fourth-order valence-electron chi connectivity index (χ4n) is 8.45. The number of benzene rings is 3. The van der Waals surface area contributed by atoms with E-state index in [-0.39, 0.29) is 30.5 Å². The van der Waals surface area contributed by atoms with Gasteiger partial charge in [-0.05, 0) is 37.5 Å². The quantitative estimate of drug-likeness (QED) is 0.148. The molecule has 4 fully saturated rings. The molecule has 0 aromatic heterocycles. The monoisotopic (exact) mass is 804 g/mol. The molecule has 4 aliphatic heterocycles. The summed E-state index contributed by atoms with van der Waals surface area (Å²) in [4.78, 5) is 12.6. The van der Waals surface area contributed by atoms with Gasteiger partial charge in [-0.3, -0.25) is 4.79 Å². The average molecular weight is 805 g/mol. The van der Waals surface area contributed by atoms with E-state index < -0.39 is 73.4 Å². The van der Waals surface area contributed by atoms with Crippen LogP contribution < -0.4 is 0 Å². The van der Waals surface area contributed by atoms with Crippen molar-refractivity contribution in [2.24, 2.45) is 17.8 Å². The Kier molecular flexibility index (Phi) is 14.3. The lowest BCUT2D eigenvalue weighted by atomic mass is 9.89. The fourth-order valence-corrected chi connectivity index (χ4v) is 8.45. The van der Waals surface area contributed by atoms with E-state index in [4.69, 9.17) is 52.1 Å². The molecule has 4 heterocycles. The number of fused-ring (bicyclic) bond motifs is 1. The summed E-state index contributed by atoms with van der Waals surface area (Å²) in [5.41, 5.74) is 3.14. The van der Waals surface area contributed by atoms with Gasteiger partial charge in [0.2, 0.25) is 6.29 Å². The summed E-state index contributed by atoms with van der Waals surface area (Å²) in [6, 6.07) is 30.0. The van der Waals surface area contributed by atoms with Crippen molar-refractivity contribution < 1.29 is 56.9 Å². The van der Waals surface area contributed by atoms with Crippen LogP contribution in [-0.2, 0) is 76.7 Å². The Balaban J connectivity index is 1.08. The summed E-state index contributed by atoms with van der Waals surface area (Å²) in [7, 11) is 0. The smallest absolute Gasteiger partial charge is 0.305 e. The number of carbonyl (C=O) groups is 1. The van der Waals surface area contributed by atoms with Crippen LogP contribution in [0, 0.1) is 17.8 Å². The normalized spacial score (nSPS) is 35.9. The van der Waals surface area contributed by atoms with E-state index in [0.29, 0.717) is 26.4 Å². The van der Waals surface area contributed by atoms with Gasteiger partial charge in [0.05, 0.1) is 57.5 Å². The van der Waals surface area contributed by atoms with Crippen molar-refractivity contribution in [2.75, 3.05) is 13.2 Å². The highest BCUT2D eigenvalue weighted by Crippen LogP contribution is 2.43. The minimum Gasteiger partial charge on any atom is -0.433 e. The zero-order valence-electron chi connectivity index (χ0n) is 34.7. The molecule has 0 amide bonds. The first-order valence-electron chi connectivity index (χ1n) is 20.6. The molecule has 0 spiro atoms. The highest BCUT2D eigenvalue weighted by atomic mass is 16.8. The molecule has 0 saturated carbocycles. The van der Waals surface area contributed by atoms with Gasteiger partial charge in [0, 0.05) is 24.7 Å². The average Bonchev–Trinajstić information content (AvgIpc) is 3.54. The van der Waals surface area contributed by atoms with Gasteiger partial charge < -0.3 is 52.1 Å². The number of carbonyl (C=O) groups excluding carboxylic acids is 1. The first-order valence-corrected chi connectivity index (χ1v) is 20.6. The zero-order chi connectivity index (χ0) is 40.8. The largest absolute Gasteiger partial charge is 0.433 e. The first-order chi connectivity index (χ1) is 28.0. The minimum atomic E-state index is -1.13. The van der Waals surface area contributed by atoms with Crippen molar-refractivity contribution in [1.29, 1.82) is 0 Å². The van der Waals surface area contributed by atoms with E-state index in [0.717, 1.165) is 16.7 Å². The molecule has 8 unspecified atom stereocenters. The Hall–Kier alpha value is -3.27. The van der Waals surface area contributed by atoms with E-state index in [1.807, 2.05) is 107 Å². The number of hydrogen-bond acceptors (Lipinski definition) is 12. The maximum atomic E-state index is 12.6. The molecular weight excluding hydrogens is 744 g/mol. The highest BCUT2D eigenvalue weighted by Gasteiger charge is 2.59. The molecule has 0 radical (unpaired) electrons. The van der Waals surface area contributed by atoms with Gasteiger partial charge in [0.25, 0.3) is 0 Å². The van der Waals surface area contributed by atoms with E-state index in [1.165, 1.54) is 6.92 Å². The van der Waals surface area contributed by atoms with Crippen LogP contribution in [-0.4, -0.2) is 92.7 Å². The van der Waals surface area contributed by atoms with Crippen LogP contribution in [0.1, 0.15) is 65.2 Å². The third-order valence-electron chi connectivity index (χ3n) is 11.4. The maximum Gasteiger partial charge on any atom is 0.305 e. The molecule has 0 aliphatic carbocycles. The van der Waals surface area contributed by atoms with Gasteiger partial charge in [0.1, 0.15) is 24.4 Å². The Bertz CT molecular complexity index is 1710. The Morgan fingerprint density at radius 1 is 0.638 bits per heavy atom. The summed E-state index contributed by atoms with van der Waals surface area (Å²) in [6.07, 6.45) is -7.11. The molecule has 3 aromatic carbocycles. The second kappa shape index (κ2) is 19.4. The topological polar surface area (TPSA) is 119 Å². The Morgan fingerprint density at radius 2 is 1.19 bits per heavy atom. The SMILES string of the molecule is CC(=O)O[C@H]1O[C@H](COCc2ccccc2)C(C)C(OCc2ccccc2)C1O[C@@H]1OC(C)[C@H](O[C@@H]2OC[C@@H](C)C(OCc3ccccc3)C2C)C2OC(C)(C)OC21. The molecule has 316 valence electrons. The molecular formula is C46H60O12. The standard InChI is InChI=1S/C46H60O12/c1-28-23-51-43(30(3)37(28)49-25-34-19-13-9-14-20-34)55-39-31(4)52-45(42-40(39)57-46(6,7)58-42)56-41-38(50-26-35-21-15-10-16-22-35)29(2)36(54-44(41)53-32(5)47)27-48-24-33-17-11-8-12-18-33/h8-22,28-31,36-45H,23-27H2,1-7H3/t28-,29?,30?,31?,36-,37?,38?,39+,40?,41?,42?,43+,44+,45+/m1/s1. The van der Waals surface area contributed by atoms with Crippen LogP contribution in [0.3, 0.4) is 0 Å². The van der Waals surface area contributed by atoms with Crippen molar-refractivity contribution in [3.8, 4) is 0 Å². The van der Waals surface area contributed by atoms with Crippen LogP contribution in [0.25, 0.3) is 0 Å². The highest BCUT2D eigenvalue weighted by molar-refractivity contribution is 5.66. The molecule has 0 bridgehead atoms. The first kappa shape index (κ1) is 42.8. The molecule has 0 N–H and O–H groups in total. The number of esters is 1. The van der Waals surface area contributed by atoms with Crippen molar-refractivity contribution in [1.82, 2.24) is 0 Å². The van der Waals surface area contributed by atoms with Gasteiger partial charge in [-0.15, -0.1) is 0 Å². The van der Waals surface area contributed by atoms with Gasteiger partial charge in [-0.1, -0.05) is 112 Å². The van der Waals surface area contributed by atoms with E-state index in [9.17, 15) is 4.79 Å². The predicted octanol–water partition coefficient (Wildman–Crippen LogP) is 6.96. The zero-order valence-corrected chi connectivity index (χ0v) is 34.7. The lowest BCUT2D eigenvalue weighted by Crippen LogP contribution is -2.63. The number of rotatable bonds is 15. The van der Waals surface area contributed by atoms with Crippen LogP contribution in [0.2, 0.25) is 0 Å². The lowest BCUT2D eigenvalue weighted by Gasteiger charge is -2.48. The Morgan fingerprint density at radius 3 is 1.79 bits per heavy atom. The van der Waals surface area contributed by atoms with Gasteiger partial charge in [-0.25, -0.2) is 0 Å². The minimum absolute atomic E-state index is 0.0834. The second-order valence-electron chi connectivity index (χ2n) is 16.5. The van der Waals surface area contributed by atoms with E-state index >= 15 is 0 Å². The summed E-state index contributed by atoms with van der Waals surface area (Å²) >= 11 is 0. The fraction of sp³-hybridized carbons (Fsp3) is 0.587.